The van der Waals surface area contributed by atoms with Gasteiger partial charge in [-0.2, -0.15) is 16.9 Å². The zero-order valence-corrected chi connectivity index (χ0v) is 13.8. The molecule has 1 aromatic heterocycles. The minimum absolute atomic E-state index is 0.223. The molecule has 1 rings (SSSR count). The summed E-state index contributed by atoms with van der Waals surface area (Å²) in [6, 6.07) is 0.223. The van der Waals surface area contributed by atoms with Crippen LogP contribution in [0.4, 0.5) is 0 Å². The van der Waals surface area contributed by atoms with Crippen LogP contribution in [0.25, 0.3) is 0 Å². The number of hydrazine groups is 1. The number of hydrogen-bond acceptors (Lipinski definition) is 4. The van der Waals surface area contributed by atoms with Crippen LogP contribution in [0, 0.1) is 5.92 Å². The average Bonchev–Trinajstić information content (AvgIpc) is 2.64. The first-order chi connectivity index (χ1) is 8.99. The highest BCUT2D eigenvalue weighted by molar-refractivity contribution is 7.99. The molecular formula is C13H25ClN4S. The number of aryl methyl sites for hydroxylation is 2. The molecule has 0 radical (unpaired) electrons. The Morgan fingerprint density at radius 1 is 1.42 bits per heavy atom. The smallest absolute Gasteiger partial charge is 0.0850 e. The molecule has 19 heavy (non-hydrogen) atoms. The van der Waals surface area contributed by atoms with Crippen molar-refractivity contribution < 1.29 is 0 Å². The predicted molar refractivity (Wildman–Crippen MR) is 84.6 cm³/mol. The van der Waals surface area contributed by atoms with Crippen molar-refractivity contribution in [2.24, 2.45) is 18.8 Å². The number of nitrogens with one attached hydrogen (secondary N) is 1. The van der Waals surface area contributed by atoms with Gasteiger partial charge in [-0.05, 0) is 18.1 Å². The van der Waals surface area contributed by atoms with E-state index in [1.54, 1.807) is 0 Å². The quantitative estimate of drug-likeness (QED) is 0.572. The summed E-state index contributed by atoms with van der Waals surface area (Å²) in [7, 11) is 1.94. The summed E-state index contributed by atoms with van der Waals surface area (Å²) in [6.07, 6.45) is 1.67. The van der Waals surface area contributed by atoms with Crippen molar-refractivity contribution in [1.82, 2.24) is 15.2 Å². The van der Waals surface area contributed by atoms with E-state index in [4.69, 9.17) is 17.4 Å². The number of halogens is 1. The summed E-state index contributed by atoms with van der Waals surface area (Å²) in [5.74, 6) is 8.48. The molecule has 0 aliphatic heterocycles. The number of nitrogens with two attached hydrogens (primary N) is 1. The number of rotatable bonds is 8. The van der Waals surface area contributed by atoms with E-state index in [1.807, 2.05) is 23.5 Å². The van der Waals surface area contributed by atoms with Crippen LogP contribution in [-0.4, -0.2) is 27.3 Å². The van der Waals surface area contributed by atoms with E-state index in [9.17, 15) is 0 Å². The lowest BCUT2D eigenvalue weighted by Gasteiger charge is -2.16. The molecule has 0 aliphatic carbocycles. The van der Waals surface area contributed by atoms with Crippen LogP contribution < -0.4 is 11.3 Å². The second kappa shape index (κ2) is 8.15. The molecule has 1 atom stereocenters. The molecule has 110 valence electrons. The monoisotopic (exact) mass is 304 g/mol. The average molecular weight is 305 g/mol. The molecule has 1 heterocycles. The standard InChI is InChI=1S/C13H25ClN4S/c1-5-11-13(14)12(18(4)17-11)6-10(16-15)8-19-7-9(2)3/h9-10,16H,5-8,15H2,1-4H3. The molecule has 0 bridgehead atoms. The lowest BCUT2D eigenvalue weighted by molar-refractivity contribution is 0.550. The molecular weight excluding hydrogens is 280 g/mol. The number of aromatic nitrogens is 2. The van der Waals surface area contributed by atoms with E-state index in [2.05, 4.69) is 31.3 Å². The number of thioether (sulfide) groups is 1. The Morgan fingerprint density at radius 3 is 2.58 bits per heavy atom. The minimum atomic E-state index is 0.223. The molecule has 0 amide bonds. The summed E-state index contributed by atoms with van der Waals surface area (Å²) < 4.78 is 1.87. The molecule has 1 unspecified atom stereocenters. The van der Waals surface area contributed by atoms with Gasteiger partial charge in [0, 0.05) is 25.3 Å². The number of nitrogens with zero attached hydrogens (tertiary/aromatic N) is 2. The zero-order valence-electron chi connectivity index (χ0n) is 12.2. The largest absolute Gasteiger partial charge is 0.271 e. The molecule has 0 aromatic carbocycles. The molecule has 0 aliphatic rings. The Labute approximate surface area is 125 Å². The molecule has 0 fully saturated rings. The Morgan fingerprint density at radius 2 is 2.11 bits per heavy atom. The van der Waals surface area contributed by atoms with Gasteiger partial charge in [-0.25, -0.2) is 0 Å². The highest BCUT2D eigenvalue weighted by Crippen LogP contribution is 2.22. The summed E-state index contributed by atoms with van der Waals surface area (Å²) in [5.41, 5.74) is 4.91. The highest BCUT2D eigenvalue weighted by atomic mass is 35.5. The summed E-state index contributed by atoms with van der Waals surface area (Å²) >= 11 is 8.28. The molecule has 3 N–H and O–H groups in total. The lowest BCUT2D eigenvalue weighted by atomic mass is 10.1. The van der Waals surface area contributed by atoms with Crippen molar-refractivity contribution in [3.8, 4) is 0 Å². The third-order valence-corrected chi connectivity index (χ3v) is 4.93. The first-order valence-corrected chi connectivity index (χ1v) is 8.26. The molecule has 0 saturated heterocycles. The predicted octanol–water partition coefficient (Wildman–Crippen LogP) is 2.40. The lowest BCUT2D eigenvalue weighted by Crippen LogP contribution is -2.39. The topological polar surface area (TPSA) is 55.9 Å². The Balaban J connectivity index is 2.62. The van der Waals surface area contributed by atoms with Crippen molar-refractivity contribution >= 4 is 23.4 Å². The fraction of sp³-hybridized carbons (Fsp3) is 0.769. The van der Waals surface area contributed by atoms with E-state index in [1.165, 1.54) is 0 Å². The summed E-state index contributed by atoms with van der Waals surface area (Å²) in [5, 5.41) is 5.22. The van der Waals surface area contributed by atoms with E-state index in [0.29, 0.717) is 5.92 Å². The maximum Gasteiger partial charge on any atom is 0.0850 e. The molecule has 1 aromatic rings. The fourth-order valence-electron chi connectivity index (χ4n) is 1.89. The highest BCUT2D eigenvalue weighted by Gasteiger charge is 2.17. The maximum absolute atomic E-state index is 6.36. The van der Waals surface area contributed by atoms with Gasteiger partial charge < -0.3 is 0 Å². The first-order valence-electron chi connectivity index (χ1n) is 6.73. The zero-order chi connectivity index (χ0) is 14.4. The van der Waals surface area contributed by atoms with Crippen molar-refractivity contribution in [3.05, 3.63) is 16.4 Å². The molecule has 0 saturated carbocycles. The van der Waals surface area contributed by atoms with Gasteiger partial charge in [0.1, 0.15) is 0 Å². The van der Waals surface area contributed by atoms with Crippen LogP contribution in [0.3, 0.4) is 0 Å². The van der Waals surface area contributed by atoms with Crippen LogP contribution >= 0.6 is 23.4 Å². The molecule has 0 spiro atoms. The van der Waals surface area contributed by atoms with Crippen LogP contribution in [0.5, 0.6) is 0 Å². The van der Waals surface area contributed by atoms with E-state index in [-0.39, 0.29) is 6.04 Å². The van der Waals surface area contributed by atoms with Gasteiger partial charge >= 0.3 is 0 Å². The van der Waals surface area contributed by atoms with E-state index >= 15 is 0 Å². The Bertz CT molecular complexity index is 392. The first kappa shape index (κ1) is 16.8. The summed E-state index contributed by atoms with van der Waals surface area (Å²) in [4.78, 5) is 0. The van der Waals surface area contributed by atoms with Gasteiger partial charge in [0.15, 0.2) is 0 Å². The van der Waals surface area contributed by atoms with Crippen molar-refractivity contribution in [1.29, 1.82) is 0 Å². The van der Waals surface area contributed by atoms with Gasteiger partial charge in [-0.15, -0.1) is 0 Å². The molecule has 4 nitrogen and oxygen atoms in total. The van der Waals surface area contributed by atoms with Crippen molar-refractivity contribution in [2.45, 2.75) is 39.7 Å². The van der Waals surface area contributed by atoms with Gasteiger partial charge in [0.25, 0.3) is 0 Å². The van der Waals surface area contributed by atoms with Crippen molar-refractivity contribution in [2.75, 3.05) is 11.5 Å². The van der Waals surface area contributed by atoms with Gasteiger partial charge in [0.2, 0.25) is 0 Å². The fourth-order valence-corrected chi connectivity index (χ4v) is 3.36. The normalized spacial score (nSPS) is 13.2. The van der Waals surface area contributed by atoms with Gasteiger partial charge in [-0.1, -0.05) is 32.4 Å². The minimum Gasteiger partial charge on any atom is -0.271 e. The van der Waals surface area contributed by atoms with Crippen LogP contribution in [0.1, 0.15) is 32.2 Å². The Kier molecular flexibility index (Phi) is 7.21. The van der Waals surface area contributed by atoms with Crippen LogP contribution in [0.15, 0.2) is 0 Å². The van der Waals surface area contributed by atoms with Crippen molar-refractivity contribution in [3.63, 3.8) is 0 Å². The van der Waals surface area contributed by atoms with E-state index in [0.717, 1.165) is 40.8 Å². The SMILES string of the molecule is CCc1nn(C)c(CC(CSCC(C)C)NN)c1Cl. The third kappa shape index (κ3) is 4.99. The molecule has 6 heteroatoms. The maximum atomic E-state index is 6.36. The summed E-state index contributed by atoms with van der Waals surface area (Å²) in [6.45, 7) is 6.52. The van der Waals surface area contributed by atoms with Crippen LogP contribution in [0.2, 0.25) is 5.02 Å². The van der Waals surface area contributed by atoms with E-state index < -0.39 is 0 Å². The number of hydrogen-bond donors (Lipinski definition) is 2. The Hall–Kier alpha value is -0.230. The van der Waals surface area contributed by atoms with Gasteiger partial charge in [-0.3, -0.25) is 16.0 Å². The van der Waals surface area contributed by atoms with Gasteiger partial charge in [0.05, 0.1) is 16.4 Å². The second-order valence-electron chi connectivity index (χ2n) is 5.18. The second-order valence-corrected chi connectivity index (χ2v) is 6.64. The third-order valence-electron chi connectivity index (χ3n) is 2.95. The van der Waals surface area contributed by atoms with Crippen LogP contribution in [-0.2, 0) is 19.9 Å².